The van der Waals surface area contributed by atoms with E-state index in [1.165, 1.54) is 5.56 Å². The summed E-state index contributed by atoms with van der Waals surface area (Å²) in [7, 11) is 1.68. The standard InChI is InChI=1S/C15H20N4O/c1-3-12-6-4-5-7-13(12)19-15-10-14(17-11-18-15)16-8-9-20-2/h4-7,10-11H,3,8-9H2,1-2H3,(H2,16,17,18,19). The van der Waals surface area contributed by atoms with E-state index in [-0.39, 0.29) is 0 Å². The molecule has 0 saturated carbocycles. The van der Waals surface area contributed by atoms with Gasteiger partial charge in [-0.1, -0.05) is 25.1 Å². The van der Waals surface area contributed by atoms with Crippen molar-refractivity contribution in [1.29, 1.82) is 0 Å². The molecule has 20 heavy (non-hydrogen) atoms. The van der Waals surface area contributed by atoms with Gasteiger partial charge in [0, 0.05) is 25.4 Å². The summed E-state index contributed by atoms with van der Waals surface area (Å²) in [6.07, 6.45) is 2.53. The molecule has 2 aromatic rings. The Labute approximate surface area is 119 Å². The molecule has 0 aliphatic carbocycles. The third-order valence-electron chi connectivity index (χ3n) is 2.94. The summed E-state index contributed by atoms with van der Waals surface area (Å²) < 4.78 is 5.00. The van der Waals surface area contributed by atoms with E-state index >= 15 is 0 Å². The summed E-state index contributed by atoms with van der Waals surface area (Å²) in [5.41, 5.74) is 2.34. The Balaban J connectivity index is 2.07. The second-order valence-corrected chi connectivity index (χ2v) is 4.34. The fourth-order valence-corrected chi connectivity index (χ4v) is 1.89. The summed E-state index contributed by atoms with van der Waals surface area (Å²) in [5, 5.41) is 6.52. The van der Waals surface area contributed by atoms with Crippen LogP contribution in [0.15, 0.2) is 36.7 Å². The summed E-state index contributed by atoms with van der Waals surface area (Å²) >= 11 is 0. The highest BCUT2D eigenvalue weighted by Gasteiger charge is 2.02. The number of para-hydroxylation sites is 1. The van der Waals surface area contributed by atoms with E-state index in [0.29, 0.717) is 6.61 Å². The van der Waals surface area contributed by atoms with Crippen molar-refractivity contribution in [2.24, 2.45) is 0 Å². The number of anilines is 3. The van der Waals surface area contributed by atoms with Gasteiger partial charge in [-0.3, -0.25) is 0 Å². The Kier molecular flexibility index (Phi) is 5.32. The number of ether oxygens (including phenoxy) is 1. The maximum absolute atomic E-state index is 5.00. The van der Waals surface area contributed by atoms with Gasteiger partial charge in [0.25, 0.3) is 0 Å². The molecular weight excluding hydrogens is 252 g/mol. The molecule has 5 nitrogen and oxygen atoms in total. The van der Waals surface area contributed by atoms with E-state index in [0.717, 1.165) is 30.3 Å². The van der Waals surface area contributed by atoms with Crippen LogP contribution in [-0.4, -0.2) is 30.2 Å². The van der Waals surface area contributed by atoms with Crippen molar-refractivity contribution >= 4 is 17.3 Å². The highest BCUT2D eigenvalue weighted by molar-refractivity contribution is 5.62. The van der Waals surface area contributed by atoms with Crippen LogP contribution >= 0.6 is 0 Å². The molecule has 2 N–H and O–H groups in total. The Morgan fingerprint density at radius 1 is 1.15 bits per heavy atom. The molecule has 2 rings (SSSR count). The lowest BCUT2D eigenvalue weighted by molar-refractivity contribution is 0.210. The van der Waals surface area contributed by atoms with Crippen LogP contribution in [0.3, 0.4) is 0 Å². The third-order valence-corrected chi connectivity index (χ3v) is 2.94. The zero-order chi connectivity index (χ0) is 14.2. The fourth-order valence-electron chi connectivity index (χ4n) is 1.89. The quantitative estimate of drug-likeness (QED) is 0.759. The van der Waals surface area contributed by atoms with Crippen LogP contribution in [0.1, 0.15) is 12.5 Å². The van der Waals surface area contributed by atoms with E-state index in [4.69, 9.17) is 4.74 Å². The first-order chi connectivity index (χ1) is 9.83. The Bertz CT molecular complexity index is 545. The van der Waals surface area contributed by atoms with E-state index in [9.17, 15) is 0 Å². The average molecular weight is 272 g/mol. The minimum Gasteiger partial charge on any atom is -0.383 e. The van der Waals surface area contributed by atoms with Crippen molar-refractivity contribution in [3.8, 4) is 0 Å². The van der Waals surface area contributed by atoms with Gasteiger partial charge in [0.15, 0.2) is 0 Å². The Hall–Kier alpha value is -2.14. The molecule has 0 unspecified atom stereocenters. The Morgan fingerprint density at radius 3 is 2.75 bits per heavy atom. The van der Waals surface area contributed by atoms with Gasteiger partial charge in [-0.15, -0.1) is 0 Å². The van der Waals surface area contributed by atoms with Crippen molar-refractivity contribution in [2.45, 2.75) is 13.3 Å². The zero-order valence-electron chi connectivity index (χ0n) is 11.9. The summed E-state index contributed by atoms with van der Waals surface area (Å²) in [4.78, 5) is 8.42. The molecule has 0 spiro atoms. The Morgan fingerprint density at radius 2 is 1.95 bits per heavy atom. The molecule has 1 heterocycles. The van der Waals surface area contributed by atoms with Crippen LogP contribution in [0.25, 0.3) is 0 Å². The second-order valence-electron chi connectivity index (χ2n) is 4.34. The normalized spacial score (nSPS) is 10.3. The van der Waals surface area contributed by atoms with Crippen molar-refractivity contribution in [3.63, 3.8) is 0 Å². The van der Waals surface area contributed by atoms with Gasteiger partial charge in [0.2, 0.25) is 0 Å². The van der Waals surface area contributed by atoms with E-state index in [1.807, 2.05) is 18.2 Å². The van der Waals surface area contributed by atoms with Gasteiger partial charge in [-0.05, 0) is 18.1 Å². The SMILES string of the molecule is CCc1ccccc1Nc1cc(NCCOC)ncn1. The van der Waals surface area contributed by atoms with Gasteiger partial charge in [-0.25, -0.2) is 9.97 Å². The van der Waals surface area contributed by atoms with E-state index in [2.05, 4.69) is 39.7 Å². The fraction of sp³-hybridized carbons (Fsp3) is 0.333. The topological polar surface area (TPSA) is 59.1 Å². The number of nitrogens with one attached hydrogen (secondary N) is 2. The molecular formula is C15H20N4O. The van der Waals surface area contributed by atoms with Crippen molar-refractivity contribution in [2.75, 3.05) is 30.9 Å². The molecule has 0 atom stereocenters. The number of rotatable bonds is 7. The largest absolute Gasteiger partial charge is 0.383 e. The molecule has 0 saturated heterocycles. The van der Waals surface area contributed by atoms with Crippen LogP contribution in [0.2, 0.25) is 0 Å². The molecule has 0 radical (unpaired) electrons. The highest BCUT2D eigenvalue weighted by Crippen LogP contribution is 2.20. The number of nitrogens with zero attached hydrogens (tertiary/aromatic N) is 2. The molecule has 0 aliphatic rings. The van der Waals surface area contributed by atoms with Crippen LogP contribution < -0.4 is 10.6 Å². The number of hydrogen-bond donors (Lipinski definition) is 2. The summed E-state index contributed by atoms with van der Waals surface area (Å²) in [5.74, 6) is 1.56. The molecule has 0 bridgehead atoms. The lowest BCUT2D eigenvalue weighted by Gasteiger charge is -2.11. The maximum Gasteiger partial charge on any atom is 0.135 e. The molecule has 5 heteroatoms. The van der Waals surface area contributed by atoms with Gasteiger partial charge < -0.3 is 15.4 Å². The minimum atomic E-state index is 0.644. The second kappa shape index (κ2) is 7.45. The van der Waals surface area contributed by atoms with E-state index in [1.54, 1.807) is 13.4 Å². The van der Waals surface area contributed by atoms with Crippen LogP contribution in [0.5, 0.6) is 0 Å². The lowest BCUT2D eigenvalue weighted by atomic mass is 10.1. The molecule has 0 fully saturated rings. The van der Waals surface area contributed by atoms with Crippen molar-refractivity contribution in [3.05, 3.63) is 42.2 Å². The molecule has 1 aromatic carbocycles. The van der Waals surface area contributed by atoms with Crippen molar-refractivity contribution in [1.82, 2.24) is 9.97 Å². The molecule has 0 amide bonds. The van der Waals surface area contributed by atoms with E-state index < -0.39 is 0 Å². The zero-order valence-corrected chi connectivity index (χ0v) is 11.9. The van der Waals surface area contributed by atoms with Crippen LogP contribution in [-0.2, 0) is 11.2 Å². The first-order valence-electron chi connectivity index (χ1n) is 6.73. The number of aryl methyl sites for hydroxylation is 1. The minimum absolute atomic E-state index is 0.644. The first kappa shape index (κ1) is 14.3. The van der Waals surface area contributed by atoms with Gasteiger partial charge >= 0.3 is 0 Å². The predicted octanol–water partition coefficient (Wildman–Crippen LogP) is 2.84. The number of aromatic nitrogens is 2. The highest BCUT2D eigenvalue weighted by atomic mass is 16.5. The average Bonchev–Trinajstić information content (AvgIpc) is 2.48. The number of benzene rings is 1. The van der Waals surface area contributed by atoms with Gasteiger partial charge in [-0.2, -0.15) is 0 Å². The molecule has 1 aromatic heterocycles. The third kappa shape index (κ3) is 3.93. The first-order valence-corrected chi connectivity index (χ1v) is 6.73. The van der Waals surface area contributed by atoms with Crippen LogP contribution in [0.4, 0.5) is 17.3 Å². The summed E-state index contributed by atoms with van der Waals surface area (Å²) in [6.45, 7) is 3.50. The predicted molar refractivity (Wildman–Crippen MR) is 81.5 cm³/mol. The van der Waals surface area contributed by atoms with Crippen LogP contribution in [0, 0.1) is 0 Å². The van der Waals surface area contributed by atoms with Gasteiger partial charge in [0.05, 0.1) is 6.61 Å². The molecule has 0 aliphatic heterocycles. The maximum atomic E-state index is 5.00. The number of hydrogen-bond acceptors (Lipinski definition) is 5. The summed E-state index contributed by atoms with van der Waals surface area (Å²) in [6, 6.07) is 10.1. The smallest absolute Gasteiger partial charge is 0.135 e. The number of methoxy groups -OCH3 is 1. The van der Waals surface area contributed by atoms with Gasteiger partial charge in [0.1, 0.15) is 18.0 Å². The monoisotopic (exact) mass is 272 g/mol. The molecule has 106 valence electrons. The van der Waals surface area contributed by atoms with Crippen molar-refractivity contribution < 1.29 is 4.74 Å². The lowest BCUT2D eigenvalue weighted by Crippen LogP contribution is -2.09.